The molecule has 0 aliphatic carbocycles. The van der Waals surface area contributed by atoms with Gasteiger partial charge in [-0.25, -0.2) is 4.98 Å². The fraction of sp³-hybridized carbons (Fsp3) is 0.750. The Balaban J connectivity index is 2.65. The number of likely N-dealkylation sites (N-methyl/N-ethyl adjacent to an activating group) is 1. The van der Waals surface area contributed by atoms with Crippen LogP contribution in [-0.4, -0.2) is 41.3 Å². The zero-order valence-electron chi connectivity index (χ0n) is 8.60. The van der Waals surface area contributed by atoms with Crippen LogP contribution >= 0.6 is 11.5 Å². The second-order valence-electron chi connectivity index (χ2n) is 3.07. The zero-order valence-corrected chi connectivity index (χ0v) is 9.41. The molecule has 0 aliphatic heterocycles. The Bertz CT molecular complexity index is 279. The predicted molar refractivity (Wildman–Crippen MR) is 55.6 cm³/mol. The smallest absolute Gasteiger partial charge is 0.205 e. The van der Waals surface area contributed by atoms with Gasteiger partial charge in [-0.05, 0) is 6.92 Å². The maximum atomic E-state index is 8.97. The third-order valence-electron chi connectivity index (χ3n) is 1.96. The van der Waals surface area contributed by atoms with Crippen molar-refractivity contribution in [3.05, 3.63) is 5.82 Å². The predicted octanol–water partition coefficient (Wildman–Crippen LogP) is 0.502. The Hall–Kier alpha value is -0.720. The SMILES string of the molecule is COCc1nsc(N(C)C(C)CO)n1. The van der Waals surface area contributed by atoms with Crippen LogP contribution in [-0.2, 0) is 11.3 Å². The van der Waals surface area contributed by atoms with Gasteiger partial charge < -0.3 is 14.7 Å². The van der Waals surface area contributed by atoms with Crippen LogP contribution in [0.5, 0.6) is 0 Å². The number of aliphatic hydroxyl groups is 1. The minimum absolute atomic E-state index is 0.0540. The molecule has 1 aromatic heterocycles. The summed E-state index contributed by atoms with van der Waals surface area (Å²) in [7, 11) is 3.50. The first kappa shape index (κ1) is 11.4. The van der Waals surface area contributed by atoms with Crippen LogP contribution in [0.4, 0.5) is 5.13 Å². The molecule has 0 saturated heterocycles. The molecular formula is C8H15N3O2S. The minimum Gasteiger partial charge on any atom is -0.394 e. The van der Waals surface area contributed by atoms with Crippen LogP contribution in [0.1, 0.15) is 12.7 Å². The standard InChI is InChI=1S/C8H15N3O2S/c1-6(4-12)11(2)8-9-7(5-13-3)10-14-8/h6,12H,4-5H2,1-3H3. The molecule has 0 amide bonds. The number of nitrogens with zero attached hydrogens (tertiary/aromatic N) is 3. The van der Waals surface area contributed by atoms with Gasteiger partial charge in [-0.3, -0.25) is 0 Å². The largest absolute Gasteiger partial charge is 0.394 e. The molecule has 0 radical (unpaired) electrons. The molecular weight excluding hydrogens is 202 g/mol. The molecule has 6 heteroatoms. The van der Waals surface area contributed by atoms with Crippen LogP contribution in [0.3, 0.4) is 0 Å². The van der Waals surface area contributed by atoms with E-state index >= 15 is 0 Å². The molecule has 0 bridgehead atoms. The summed E-state index contributed by atoms with van der Waals surface area (Å²) >= 11 is 1.31. The molecule has 0 aromatic carbocycles. The summed E-state index contributed by atoms with van der Waals surface area (Å²) in [5, 5.41) is 9.77. The van der Waals surface area contributed by atoms with Gasteiger partial charge in [-0.15, -0.1) is 0 Å². The van der Waals surface area contributed by atoms with Crippen LogP contribution in [0, 0.1) is 0 Å². The Morgan fingerprint density at radius 3 is 2.93 bits per heavy atom. The summed E-state index contributed by atoms with van der Waals surface area (Å²) in [4.78, 5) is 6.17. The lowest BCUT2D eigenvalue weighted by Crippen LogP contribution is -2.31. The highest BCUT2D eigenvalue weighted by molar-refractivity contribution is 7.09. The van der Waals surface area contributed by atoms with Gasteiger partial charge in [0, 0.05) is 25.7 Å². The monoisotopic (exact) mass is 217 g/mol. The van der Waals surface area contributed by atoms with E-state index in [1.54, 1.807) is 7.11 Å². The van der Waals surface area contributed by atoms with E-state index in [4.69, 9.17) is 9.84 Å². The summed E-state index contributed by atoms with van der Waals surface area (Å²) in [5.74, 6) is 0.685. The van der Waals surface area contributed by atoms with Gasteiger partial charge in [-0.1, -0.05) is 0 Å². The van der Waals surface area contributed by atoms with Crippen LogP contribution in [0.25, 0.3) is 0 Å². The van der Waals surface area contributed by atoms with Crippen molar-refractivity contribution in [2.24, 2.45) is 0 Å². The number of rotatable bonds is 5. The molecule has 0 fully saturated rings. The van der Waals surface area contributed by atoms with Crippen LogP contribution < -0.4 is 4.90 Å². The van der Waals surface area contributed by atoms with E-state index in [0.29, 0.717) is 12.4 Å². The van der Waals surface area contributed by atoms with Crippen molar-refractivity contribution < 1.29 is 9.84 Å². The number of aromatic nitrogens is 2. The summed E-state index contributed by atoms with van der Waals surface area (Å²) in [6.45, 7) is 2.46. The third-order valence-corrected chi connectivity index (χ3v) is 2.80. The summed E-state index contributed by atoms with van der Waals surface area (Å²) in [5.41, 5.74) is 0. The lowest BCUT2D eigenvalue weighted by Gasteiger charge is -2.21. The topological polar surface area (TPSA) is 58.5 Å². The van der Waals surface area contributed by atoms with Crippen molar-refractivity contribution in [1.29, 1.82) is 0 Å². The van der Waals surface area contributed by atoms with E-state index in [1.165, 1.54) is 11.5 Å². The van der Waals surface area contributed by atoms with E-state index in [9.17, 15) is 0 Å². The van der Waals surface area contributed by atoms with Gasteiger partial charge in [0.05, 0.1) is 12.6 Å². The summed E-state index contributed by atoms with van der Waals surface area (Å²) in [6.07, 6.45) is 0. The summed E-state index contributed by atoms with van der Waals surface area (Å²) < 4.78 is 9.05. The molecule has 1 N–H and O–H groups in total. The van der Waals surface area contributed by atoms with E-state index < -0.39 is 0 Å². The first-order chi connectivity index (χ1) is 6.69. The number of hydrogen-bond donors (Lipinski definition) is 1. The fourth-order valence-corrected chi connectivity index (χ4v) is 1.62. The van der Waals surface area contributed by atoms with E-state index in [1.807, 2.05) is 18.9 Å². The van der Waals surface area contributed by atoms with Crippen molar-refractivity contribution in [2.75, 3.05) is 25.7 Å². The average molecular weight is 217 g/mol. The molecule has 80 valence electrons. The van der Waals surface area contributed by atoms with Gasteiger partial charge in [0.15, 0.2) is 5.82 Å². The first-order valence-corrected chi connectivity index (χ1v) is 5.11. The van der Waals surface area contributed by atoms with Crippen LogP contribution in [0.2, 0.25) is 0 Å². The number of anilines is 1. The van der Waals surface area contributed by atoms with Gasteiger partial charge in [0.1, 0.15) is 6.61 Å². The molecule has 1 heterocycles. The first-order valence-electron chi connectivity index (χ1n) is 4.34. The number of aliphatic hydroxyl groups excluding tert-OH is 1. The molecule has 5 nitrogen and oxygen atoms in total. The van der Waals surface area contributed by atoms with Crippen molar-refractivity contribution in [3.63, 3.8) is 0 Å². The van der Waals surface area contributed by atoms with E-state index in [0.717, 1.165) is 5.13 Å². The van der Waals surface area contributed by atoms with Crippen molar-refractivity contribution >= 4 is 16.7 Å². The van der Waals surface area contributed by atoms with Gasteiger partial charge in [-0.2, -0.15) is 4.37 Å². The highest BCUT2D eigenvalue weighted by Crippen LogP contribution is 2.17. The maximum Gasteiger partial charge on any atom is 0.205 e. The lowest BCUT2D eigenvalue weighted by molar-refractivity contribution is 0.179. The molecule has 0 saturated carbocycles. The molecule has 0 aliphatic rings. The second kappa shape index (κ2) is 5.23. The third kappa shape index (κ3) is 2.63. The van der Waals surface area contributed by atoms with Crippen molar-refractivity contribution in [3.8, 4) is 0 Å². The van der Waals surface area contributed by atoms with Gasteiger partial charge in [0.2, 0.25) is 5.13 Å². The zero-order chi connectivity index (χ0) is 10.6. The minimum atomic E-state index is 0.0540. The Morgan fingerprint density at radius 1 is 1.64 bits per heavy atom. The van der Waals surface area contributed by atoms with Gasteiger partial charge in [0.25, 0.3) is 0 Å². The number of methoxy groups -OCH3 is 1. The van der Waals surface area contributed by atoms with E-state index in [-0.39, 0.29) is 12.6 Å². The Morgan fingerprint density at radius 2 is 2.36 bits per heavy atom. The lowest BCUT2D eigenvalue weighted by atomic mass is 10.3. The Labute approximate surface area is 87.5 Å². The highest BCUT2D eigenvalue weighted by Gasteiger charge is 2.13. The normalized spacial score (nSPS) is 12.9. The van der Waals surface area contributed by atoms with Crippen molar-refractivity contribution in [1.82, 2.24) is 9.36 Å². The van der Waals surface area contributed by atoms with Gasteiger partial charge >= 0.3 is 0 Å². The summed E-state index contributed by atoms with van der Waals surface area (Å²) in [6, 6.07) is 0.0540. The second-order valence-corrected chi connectivity index (χ2v) is 3.80. The van der Waals surface area contributed by atoms with E-state index in [2.05, 4.69) is 9.36 Å². The number of ether oxygens (including phenoxy) is 1. The fourth-order valence-electron chi connectivity index (χ4n) is 0.887. The molecule has 0 spiro atoms. The quantitative estimate of drug-likeness (QED) is 0.778. The highest BCUT2D eigenvalue weighted by atomic mass is 32.1. The molecule has 1 atom stereocenters. The number of hydrogen-bond acceptors (Lipinski definition) is 6. The maximum absolute atomic E-state index is 8.97. The molecule has 1 aromatic rings. The molecule has 14 heavy (non-hydrogen) atoms. The molecule has 1 unspecified atom stereocenters. The Kier molecular flexibility index (Phi) is 4.24. The van der Waals surface area contributed by atoms with Crippen LogP contribution in [0.15, 0.2) is 0 Å². The average Bonchev–Trinajstić information content (AvgIpc) is 2.64. The molecule has 1 rings (SSSR count). The van der Waals surface area contributed by atoms with Crippen molar-refractivity contribution in [2.45, 2.75) is 19.6 Å².